The van der Waals surface area contributed by atoms with E-state index in [1.807, 2.05) is 0 Å². The van der Waals surface area contributed by atoms with Gasteiger partial charge in [-0.1, -0.05) is 26.3 Å². The number of carbonyl (C=O) groups is 2. The van der Waals surface area contributed by atoms with Gasteiger partial charge in [0.1, 0.15) is 5.82 Å². The Morgan fingerprint density at radius 2 is 1.81 bits per heavy atom. The van der Waals surface area contributed by atoms with Crippen LogP contribution in [0.25, 0.3) is 0 Å². The van der Waals surface area contributed by atoms with Crippen LogP contribution < -0.4 is 0 Å². The Morgan fingerprint density at radius 1 is 1.06 bits per heavy atom. The Hall–Kier alpha value is -2.23. The van der Waals surface area contributed by atoms with Crippen molar-refractivity contribution in [1.29, 1.82) is 0 Å². The predicted molar refractivity (Wildman–Crippen MR) is 117 cm³/mol. The third-order valence-electron chi connectivity index (χ3n) is 9.31. The van der Waals surface area contributed by atoms with Crippen LogP contribution in [0.1, 0.15) is 69.2 Å². The summed E-state index contributed by atoms with van der Waals surface area (Å²) in [6, 6.07) is 5.48. The molecule has 0 spiro atoms. The van der Waals surface area contributed by atoms with Crippen LogP contribution in [-0.2, 0) is 4.79 Å². The molecular formula is C27H31FO3. The molecule has 3 nitrogen and oxygen atoms in total. The lowest BCUT2D eigenvalue weighted by molar-refractivity contribution is -0.133. The maximum Gasteiger partial charge on any atom is 0.332 e. The maximum atomic E-state index is 13.4. The zero-order valence-corrected chi connectivity index (χ0v) is 18.4. The molecule has 4 aliphatic rings. The van der Waals surface area contributed by atoms with Crippen molar-refractivity contribution in [2.75, 3.05) is 0 Å². The number of aliphatic carboxylic acids is 1. The molecule has 1 N–H and O–H groups in total. The van der Waals surface area contributed by atoms with Gasteiger partial charge in [0, 0.05) is 11.1 Å². The molecule has 0 radical (unpaired) electrons. The highest BCUT2D eigenvalue weighted by Crippen LogP contribution is 2.65. The number of rotatable bonds is 3. The first-order valence-electron chi connectivity index (χ1n) is 11.7. The highest BCUT2D eigenvalue weighted by Gasteiger charge is 2.56. The molecule has 1 aromatic rings. The van der Waals surface area contributed by atoms with E-state index in [-0.39, 0.29) is 16.8 Å². The number of allylic oxidation sites excluding steroid dienone is 3. The first kappa shape index (κ1) is 20.7. The summed E-state index contributed by atoms with van der Waals surface area (Å²) in [7, 11) is 0. The minimum absolute atomic E-state index is 0.179. The number of fused-ring (bicyclic) bond motifs is 5. The third-order valence-corrected chi connectivity index (χ3v) is 9.31. The van der Waals surface area contributed by atoms with E-state index in [0.29, 0.717) is 29.2 Å². The molecule has 164 valence electrons. The van der Waals surface area contributed by atoms with E-state index in [1.165, 1.54) is 49.9 Å². The zero-order chi connectivity index (χ0) is 22.0. The molecule has 4 heteroatoms. The van der Waals surface area contributed by atoms with Gasteiger partial charge in [0.25, 0.3) is 0 Å². The molecule has 6 atom stereocenters. The van der Waals surface area contributed by atoms with Gasteiger partial charge in [-0.25, -0.2) is 9.18 Å². The Labute approximate surface area is 183 Å². The number of carbonyl (C=O) groups excluding carboxylic acids is 1. The van der Waals surface area contributed by atoms with E-state index < -0.39 is 17.7 Å². The zero-order valence-electron chi connectivity index (χ0n) is 18.4. The monoisotopic (exact) mass is 422 g/mol. The molecule has 0 aromatic heterocycles. The fourth-order valence-electron chi connectivity index (χ4n) is 7.67. The Kier molecular flexibility index (Phi) is 4.76. The normalized spacial score (nSPS) is 38.9. The van der Waals surface area contributed by atoms with Crippen LogP contribution in [-0.4, -0.2) is 16.9 Å². The van der Waals surface area contributed by atoms with Crippen LogP contribution in [0.5, 0.6) is 0 Å². The van der Waals surface area contributed by atoms with Gasteiger partial charge in [-0.15, -0.1) is 0 Å². The van der Waals surface area contributed by atoms with Crippen molar-refractivity contribution in [1.82, 2.24) is 0 Å². The second-order valence-corrected chi connectivity index (χ2v) is 10.8. The van der Waals surface area contributed by atoms with E-state index in [1.54, 1.807) is 6.08 Å². The number of ketones is 1. The molecule has 0 amide bonds. The minimum atomic E-state index is -1.03. The summed E-state index contributed by atoms with van der Waals surface area (Å²) >= 11 is 0. The lowest BCUT2D eigenvalue weighted by Crippen LogP contribution is -2.49. The molecule has 4 aliphatic carbocycles. The van der Waals surface area contributed by atoms with Crippen molar-refractivity contribution < 1.29 is 19.1 Å². The number of benzene rings is 1. The summed E-state index contributed by atoms with van der Waals surface area (Å²) in [6.07, 6.45) is 11.9. The van der Waals surface area contributed by atoms with Crippen LogP contribution in [0.3, 0.4) is 0 Å². The Balaban J connectivity index is 1.53. The van der Waals surface area contributed by atoms with Gasteiger partial charge in [0.15, 0.2) is 5.78 Å². The summed E-state index contributed by atoms with van der Waals surface area (Å²) in [5, 5.41) is 9.90. The van der Waals surface area contributed by atoms with Crippen LogP contribution in [0, 0.1) is 40.3 Å². The van der Waals surface area contributed by atoms with Gasteiger partial charge in [-0.05, 0) is 103 Å². The van der Waals surface area contributed by atoms with Crippen molar-refractivity contribution in [3.8, 4) is 0 Å². The van der Waals surface area contributed by atoms with Gasteiger partial charge < -0.3 is 5.11 Å². The topological polar surface area (TPSA) is 54.4 Å². The van der Waals surface area contributed by atoms with Crippen molar-refractivity contribution in [3.63, 3.8) is 0 Å². The van der Waals surface area contributed by atoms with E-state index in [9.17, 15) is 19.1 Å². The summed E-state index contributed by atoms with van der Waals surface area (Å²) in [5.74, 6) is -0.494. The number of carboxylic acids is 1. The number of Topliss-reactive ketones (excluding diaryl/α,β-unsaturated/α-hetero) is 1. The molecule has 0 heterocycles. The van der Waals surface area contributed by atoms with Crippen LogP contribution in [0.15, 0.2) is 47.6 Å². The van der Waals surface area contributed by atoms with E-state index in [0.717, 1.165) is 24.3 Å². The SMILES string of the molecule is C[C@@]12CCC[C@H]1[C@@H]1CC=C3C=C(C(=O)O)C(C(=O)c4ccc(F)cc4)C[C@]3(C)[C@H]1CC2. The lowest BCUT2D eigenvalue weighted by atomic mass is 9.47. The number of carboxylic acid groups (broad SMARTS) is 1. The first-order valence-corrected chi connectivity index (χ1v) is 11.7. The highest BCUT2D eigenvalue weighted by atomic mass is 19.1. The van der Waals surface area contributed by atoms with Gasteiger partial charge >= 0.3 is 5.97 Å². The molecule has 1 unspecified atom stereocenters. The average Bonchev–Trinajstić information content (AvgIpc) is 3.14. The summed E-state index contributed by atoms with van der Waals surface area (Å²) in [6.45, 7) is 4.72. The number of hydrogen-bond donors (Lipinski definition) is 1. The molecule has 2 saturated carbocycles. The standard InChI is InChI=1S/C27H31FO3/c1-26-12-3-4-22(26)19-10-7-17-14-20(25(30)31)21(15-27(17,2)23(19)11-13-26)24(29)16-5-8-18(28)9-6-16/h5-9,14,19,21-23H,3-4,10-13,15H2,1-2H3,(H,30,31)/t19-,21?,22-,23-,26-,27-/m0/s1. The Bertz CT molecular complexity index is 990. The fourth-order valence-corrected chi connectivity index (χ4v) is 7.67. The summed E-state index contributed by atoms with van der Waals surface area (Å²) in [5.41, 5.74) is 1.93. The second kappa shape index (κ2) is 7.15. The van der Waals surface area contributed by atoms with Gasteiger partial charge in [-0.2, -0.15) is 0 Å². The lowest BCUT2D eigenvalue weighted by Gasteiger charge is -2.57. The highest BCUT2D eigenvalue weighted by molar-refractivity contribution is 6.05. The van der Waals surface area contributed by atoms with Gasteiger partial charge in [0.05, 0.1) is 5.92 Å². The number of halogens is 1. The molecule has 0 bridgehead atoms. The Morgan fingerprint density at radius 3 is 2.52 bits per heavy atom. The van der Waals surface area contributed by atoms with Crippen molar-refractivity contribution in [2.45, 2.75) is 58.8 Å². The molecule has 0 aliphatic heterocycles. The molecule has 31 heavy (non-hydrogen) atoms. The van der Waals surface area contributed by atoms with Crippen LogP contribution in [0.4, 0.5) is 4.39 Å². The molecule has 1 aromatic carbocycles. The average molecular weight is 423 g/mol. The van der Waals surface area contributed by atoms with E-state index in [4.69, 9.17) is 0 Å². The fraction of sp³-hybridized carbons (Fsp3) is 0.556. The van der Waals surface area contributed by atoms with Gasteiger partial charge in [-0.3, -0.25) is 4.79 Å². The molecule has 5 rings (SSSR count). The summed E-state index contributed by atoms with van der Waals surface area (Å²) in [4.78, 5) is 25.5. The van der Waals surface area contributed by atoms with E-state index >= 15 is 0 Å². The summed E-state index contributed by atoms with van der Waals surface area (Å²) < 4.78 is 13.4. The molecular weight excluding hydrogens is 391 g/mol. The minimum Gasteiger partial charge on any atom is -0.478 e. The quantitative estimate of drug-likeness (QED) is 0.589. The third kappa shape index (κ3) is 3.13. The molecule has 0 saturated heterocycles. The van der Waals surface area contributed by atoms with Crippen molar-refractivity contribution in [3.05, 3.63) is 58.9 Å². The van der Waals surface area contributed by atoms with Crippen LogP contribution in [0.2, 0.25) is 0 Å². The maximum absolute atomic E-state index is 13.4. The first-order chi connectivity index (χ1) is 14.7. The van der Waals surface area contributed by atoms with E-state index in [2.05, 4.69) is 19.9 Å². The second-order valence-electron chi connectivity index (χ2n) is 10.8. The molecule has 2 fully saturated rings. The van der Waals surface area contributed by atoms with Crippen molar-refractivity contribution in [2.24, 2.45) is 34.5 Å². The largest absolute Gasteiger partial charge is 0.478 e. The van der Waals surface area contributed by atoms with Crippen LogP contribution >= 0.6 is 0 Å². The van der Waals surface area contributed by atoms with Crippen molar-refractivity contribution >= 4 is 11.8 Å². The smallest absolute Gasteiger partial charge is 0.332 e. The number of hydrogen-bond acceptors (Lipinski definition) is 2. The predicted octanol–water partition coefficient (Wildman–Crippen LogP) is 6.21. The van der Waals surface area contributed by atoms with Gasteiger partial charge in [0.2, 0.25) is 0 Å².